The van der Waals surface area contributed by atoms with E-state index in [0.29, 0.717) is 13.0 Å². The summed E-state index contributed by atoms with van der Waals surface area (Å²) in [5, 5.41) is 11.8. The van der Waals surface area contributed by atoms with E-state index in [2.05, 4.69) is 5.32 Å². The van der Waals surface area contributed by atoms with E-state index < -0.39 is 17.9 Å². The highest BCUT2D eigenvalue weighted by Gasteiger charge is 2.39. The molecule has 2 aliphatic heterocycles. The normalized spacial score (nSPS) is 35.6. The summed E-state index contributed by atoms with van der Waals surface area (Å²) < 4.78 is 10.6. The van der Waals surface area contributed by atoms with Crippen LogP contribution >= 0.6 is 0 Å². The van der Waals surface area contributed by atoms with Crippen LogP contribution in [0.4, 0.5) is 0 Å². The number of ether oxygens (including phenoxy) is 2. The molecule has 2 saturated heterocycles. The number of amides is 1. The number of carboxylic acid groups (broad SMARTS) is 1. The second kappa shape index (κ2) is 5.67. The number of carboxylic acids is 1. The first-order valence-corrected chi connectivity index (χ1v) is 6.36. The predicted molar refractivity (Wildman–Crippen MR) is 62.0 cm³/mol. The van der Waals surface area contributed by atoms with Crippen LogP contribution < -0.4 is 5.32 Å². The molecule has 0 aromatic rings. The van der Waals surface area contributed by atoms with Crippen molar-refractivity contribution in [1.29, 1.82) is 0 Å². The summed E-state index contributed by atoms with van der Waals surface area (Å²) in [6.07, 6.45) is 1.45. The number of rotatable bonds is 4. The summed E-state index contributed by atoms with van der Waals surface area (Å²) in [6, 6.07) is -0.423. The lowest BCUT2D eigenvalue weighted by atomic mass is 9.97. The topological polar surface area (TPSA) is 84.9 Å². The minimum absolute atomic E-state index is 0.0457. The summed E-state index contributed by atoms with van der Waals surface area (Å²) in [5.74, 6) is -1.84. The summed E-state index contributed by atoms with van der Waals surface area (Å²) in [4.78, 5) is 23.1. The molecule has 0 spiro atoms. The SMILES string of the molecule is CCC1OCCC1C(=O)NC1COCC1C(=O)O. The molecule has 6 heteroatoms. The van der Waals surface area contributed by atoms with E-state index in [1.807, 2.05) is 6.92 Å². The molecule has 18 heavy (non-hydrogen) atoms. The van der Waals surface area contributed by atoms with Crippen LogP contribution in [0.3, 0.4) is 0 Å². The van der Waals surface area contributed by atoms with Crippen molar-refractivity contribution in [2.75, 3.05) is 19.8 Å². The van der Waals surface area contributed by atoms with Crippen LogP contribution in [0.5, 0.6) is 0 Å². The van der Waals surface area contributed by atoms with Crippen LogP contribution in [0.1, 0.15) is 19.8 Å². The fraction of sp³-hybridized carbons (Fsp3) is 0.833. The lowest BCUT2D eigenvalue weighted by molar-refractivity contribution is -0.142. The zero-order valence-electron chi connectivity index (χ0n) is 10.4. The Morgan fingerprint density at radius 1 is 1.33 bits per heavy atom. The van der Waals surface area contributed by atoms with E-state index in [-0.39, 0.29) is 31.1 Å². The maximum absolute atomic E-state index is 12.1. The average molecular weight is 257 g/mol. The van der Waals surface area contributed by atoms with Crippen LogP contribution in [0, 0.1) is 11.8 Å². The molecule has 0 saturated carbocycles. The number of hydrogen-bond acceptors (Lipinski definition) is 4. The summed E-state index contributed by atoms with van der Waals surface area (Å²) >= 11 is 0. The van der Waals surface area contributed by atoms with Crippen molar-refractivity contribution in [1.82, 2.24) is 5.32 Å². The Labute approximate surface area is 106 Å². The van der Waals surface area contributed by atoms with Crippen LogP contribution in [0.2, 0.25) is 0 Å². The molecule has 2 N–H and O–H groups in total. The van der Waals surface area contributed by atoms with Gasteiger partial charge in [-0.3, -0.25) is 9.59 Å². The van der Waals surface area contributed by atoms with Crippen molar-refractivity contribution < 1.29 is 24.2 Å². The molecule has 0 aliphatic carbocycles. The lowest BCUT2D eigenvalue weighted by Gasteiger charge is -2.21. The predicted octanol–water partition coefficient (Wildman–Crippen LogP) is 0.0173. The molecule has 0 aromatic heterocycles. The van der Waals surface area contributed by atoms with E-state index in [9.17, 15) is 9.59 Å². The van der Waals surface area contributed by atoms with Gasteiger partial charge in [-0.15, -0.1) is 0 Å². The Balaban J connectivity index is 1.92. The summed E-state index contributed by atoms with van der Waals surface area (Å²) in [7, 11) is 0. The molecule has 4 atom stereocenters. The molecule has 102 valence electrons. The standard InChI is InChI=1S/C12H19NO5/c1-2-10-7(3-4-18-10)11(14)13-9-6-17-5-8(9)12(15)16/h7-10H,2-6H2,1H3,(H,13,14)(H,15,16). The van der Waals surface area contributed by atoms with Gasteiger partial charge in [-0.05, 0) is 12.8 Å². The van der Waals surface area contributed by atoms with Crippen molar-refractivity contribution >= 4 is 11.9 Å². The van der Waals surface area contributed by atoms with Crippen molar-refractivity contribution in [2.45, 2.75) is 31.9 Å². The van der Waals surface area contributed by atoms with Gasteiger partial charge in [0.25, 0.3) is 0 Å². The average Bonchev–Trinajstić information content (AvgIpc) is 2.96. The molecule has 2 aliphatic rings. The molecule has 2 rings (SSSR count). The quantitative estimate of drug-likeness (QED) is 0.741. The van der Waals surface area contributed by atoms with Gasteiger partial charge >= 0.3 is 5.97 Å². The van der Waals surface area contributed by atoms with Crippen LogP contribution in [0.25, 0.3) is 0 Å². The maximum atomic E-state index is 12.1. The Kier molecular flexibility index (Phi) is 4.19. The van der Waals surface area contributed by atoms with Gasteiger partial charge in [-0.1, -0.05) is 6.92 Å². The molecule has 0 aromatic carbocycles. The van der Waals surface area contributed by atoms with Crippen LogP contribution in [0.15, 0.2) is 0 Å². The first kappa shape index (κ1) is 13.3. The van der Waals surface area contributed by atoms with E-state index in [0.717, 1.165) is 6.42 Å². The third kappa shape index (κ3) is 2.64. The zero-order valence-corrected chi connectivity index (χ0v) is 10.4. The van der Waals surface area contributed by atoms with Gasteiger partial charge in [-0.2, -0.15) is 0 Å². The highest BCUT2D eigenvalue weighted by molar-refractivity contribution is 5.81. The highest BCUT2D eigenvalue weighted by Crippen LogP contribution is 2.24. The maximum Gasteiger partial charge on any atom is 0.311 e. The summed E-state index contributed by atoms with van der Waals surface area (Å²) in [6.45, 7) is 3.01. The number of carbonyl (C=O) groups excluding carboxylic acids is 1. The fourth-order valence-electron chi connectivity index (χ4n) is 2.58. The fourth-order valence-corrected chi connectivity index (χ4v) is 2.58. The van der Waals surface area contributed by atoms with Gasteiger partial charge in [-0.25, -0.2) is 0 Å². The number of nitrogens with one attached hydrogen (secondary N) is 1. The first-order chi connectivity index (χ1) is 8.63. The van der Waals surface area contributed by atoms with E-state index in [1.54, 1.807) is 0 Å². The molecule has 6 nitrogen and oxygen atoms in total. The Hall–Kier alpha value is -1.14. The van der Waals surface area contributed by atoms with Crippen LogP contribution in [-0.4, -0.2) is 48.9 Å². The third-order valence-corrected chi connectivity index (χ3v) is 3.67. The minimum atomic E-state index is -0.924. The van der Waals surface area contributed by atoms with Gasteiger partial charge in [0.2, 0.25) is 5.91 Å². The van der Waals surface area contributed by atoms with Crippen LogP contribution in [-0.2, 0) is 19.1 Å². The molecule has 0 radical (unpaired) electrons. The van der Waals surface area contributed by atoms with E-state index >= 15 is 0 Å². The number of aliphatic carboxylic acids is 1. The monoisotopic (exact) mass is 257 g/mol. The molecule has 4 unspecified atom stereocenters. The highest BCUT2D eigenvalue weighted by atomic mass is 16.5. The Bertz CT molecular complexity index is 332. The van der Waals surface area contributed by atoms with Crippen molar-refractivity contribution in [2.24, 2.45) is 11.8 Å². The number of hydrogen-bond donors (Lipinski definition) is 2. The van der Waals surface area contributed by atoms with Crippen molar-refractivity contribution in [3.63, 3.8) is 0 Å². The van der Waals surface area contributed by atoms with E-state index in [1.165, 1.54) is 0 Å². The molecule has 2 heterocycles. The first-order valence-electron chi connectivity index (χ1n) is 6.36. The zero-order chi connectivity index (χ0) is 13.1. The smallest absolute Gasteiger partial charge is 0.311 e. The van der Waals surface area contributed by atoms with Gasteiger partial charge < -0.3 is 19.9 Å². The van der Waals surface area contributed by atoms with Gasteiger partial charge in [0, 0.05) is 6.61 Å². The van der Waals surface area contributed by atoms with E-state index in [4.69, 9.17) is 14.6 Å². The Morgan fingerprint density at radius 2 is 2.11 bits per heavy atom. The molecular formula is C12H19NO5. The number of carbonyl (C=O) groups is 2. The molecule has 2 fully saturated rings. The molecule has 0 bridgehead atoms. The largest absolute Gasteiger partial charge is 0.481 e. The second-order valence-corrected chi connectivity index (χ2v) is 4.81. The molecular weight excluding hydrogens is 238 g/mol. The van der Waals surface area contributed by atoms with Crippen molar-refractivity contribution in [3.05, 3.63) is 0 Å². The third-order valence-electron chi connectivity index (χ3n) is 3.67. The van der Waals surface area contributed by atoms with Gasteiger partial charge in [0.1, 0.15) is 5.92 Å². The lowest BCUT2D eigenvalue weighted by Crippen LogP contribution is -2.46. The van der Waals surface area contributed by atoms with Gasteiger partial charge in [0.05, 0.1) is 31.3 Å². The van der Waals surface area contributed by atoms with Crippen molar-refractivity contribution in [3.8, 4) is 0 Å². The minimum Gasteiger partial charge on any atom is -0.481 e. The summed E-state index contributed by atoms with van der Waals surface area (Å²) in [5.41, 5.74) is 0. The second-order valence-electron chi connectivity index (χ2n) is 4.81. The molecule has 1 amide bonds. The Morgan fingerprint density at radius 3 is 2.78 bits per heavy atom. The van der Waals surface area contributed by atoms with Gasteiger partial charge in [0.15, 0.2) is 0 Å².